The van der Waals surface area contributed by atoms with Crippen LogP contribution in [-0.2, 0) is 29.1 Å². The van der Waals surface area contributed by atoms with Crippen molar-refractivity contribution < 1.29 is 28.2 Å². The summed E-state index contributed by atoms with van der Waals surface area (Å²) in [5, 5.41) is 17.0. The molecule has 0 unspecified atom stereocenters. The molecule has 0 fully saturated rings. The zero-order chi connectivity index (χ0) is 33.0. The van der Waals surface area contributed by atoms with Crippen molar-refractivity contribution in [2.45, 2.75) is 32.5 Å². The summed E-state index contributed by atoms with van der Waals surface area (Å²) in [6.07, 6.45) is 1.61. The van der Waals surface area contributed by atoms with Gasteiger partial charge in [-0.05, 0) is 47.7 Å². The number of aromatic nitrogens is 3. The number of nitrogens with zero attached hydrogens (tertiary/aromatic N) is 5. The Kier molecular flexibility index (Phi) is 7.85. The smallest absolute Gasteiger partial charge is 0.246 e. The molecule has 1 N–H and O–H groups in total. The average Bonchev–Trinajstić information content (AvgIpc) is 3.72. The zero-order valence-electron chi connectivity index (χ0n) is 25.8. The molecule has 0 saturated heterocycles. The molecule has 0 saturated carbocycles. The maximum absolute atomic E-state index is 16.0. The highest BCUT2D eigenvalue weighted by Crippen LogP contribution is 2.47. The Morgan fingerprint density at radius 3 is 2.74 bits per heavy atom. The van der Waals surface area contributed by atoms with Crippen molar-refractivity contribution in [3.63, 3.8) is 0 Å². The first kappa shape index (κ1) is 30.7. The predicted octanol–water partition coefficient (Wildman–Crippen LogP) is 5.75. The standard InChI is InChI=1S/C35H31F2N5O4S/c1-4-29(44)41-8-9-42-27(19(41)2)17-26(39-42)34-32(31-25(37)15-23(36)16-28(31)46-11-10-43)35-24(7-12-47-35)33(38-34)21-6-5-20-14-30(45)40(3)18-22(20)13-21/h4-7,12-13,15-17,19,43H,1,8-11,14,18H2,2-3H3/t19-/m1/s1. The molecule has 0 aliphatic carbocycles. The van der Waals surface area contributed by atoms with Crippen LogP contribution >= 0.6 is 11.3 Å². The third-order valence-corrected chi connectivity index (χ3v) is 9.77. The molecule has 0 spiro atoms. The first-order valence-corrected chi connectivity index (χ1v) is 16.1. The summed E-state index contributed by atoms with van der Waals surface area (Å²) in [5.41, 5.74) is 5.42. The summed E-state index contributed by atoms with van der Waals surface area (Å²) >= 11 is 1.39. The molecule has 9 nitrogen and oxygen atoms in total. The van der Waals surface area contributed by atoms with Crippen molar-refractivity contribution in [3.05, 3.63) is 89.0 Å². The molecule has 2 aliphatic rings. The number of hydrogen-bond donors (Lipinski definition) is 1. The molecular weight excluding hydrogens is 624 g/mol. The number of carbonyl (C=O) groups excluding carboxylic acids is 2. The number of thiophene rings is 1. The summed E-state index contributed by atoms with van der Waals surface area (Å²) in [6, 6.07) is 11.3. The number of amides is 2. The van der Waals surface area contributed by atoms with Crippen LogP contribution in [-0.4, -0.2) is 68.3 Å². The minimum absolute atomic E-state index is 0.00871. The lowest BCUT2D eigenvalue weighted by Gasteiger charge is -2.33. The van der Waals surface area contributed by atoms with E-state index in [0.29, 0.717) is 53.4 Å². The van der Waals surface area contributed by atoms with Gasteiger partial charge in [-0.3, -0.25) is 14.3 Å². The number of fused-ring (bicyclic) bond motifs is 3. The summed E-state index contributed by atoms with van der Waals surface area (Å²) in [6.45, 7) is 6.38. The lowest BCUT2D eigenvalue weighted by atomic mass is 9.93. The maximum Gasteiger partial charge on any atom is 0.246 e. The van der Waals surface area contributed by atoms with E-state index in [1.54, 1.807) is 16.8 Å². The lowest BCUT2D eigenvalue weighted by molar-refractivity contribution is -0.130. The van der Waals surface area contributed by atoms with Crippen LogP contribution in [0.2, 0.25) is 0 Å². The largest absolute Gasteiger partial charge is 0.490 e. The highest BCUT2D eigenvalue weighted by atomic mass is 32.1. The van der Waals surface area contributed by atoms with Gasteiger partial charge in [0.1, 0.15) is 35.4 Å². The zero-order valence-corrected chi connectivity index (χ0v) is 26.6. The molecule has 240 valence electrons. The summed E-state index contributed by atoms with van der Waals surface area (Å²) < 4.78 is 38.8. The van der Waals surface area contributed by atoms with Gasteiger partial charge < -0.3 is 19.6 Å². The second-order valence-electron chi connectivity index (χ2n) is 11.7. The van der Waals surface area contributed by atoms with Crippen LogP contribution in [0.25, 0.3) is 43.9 Å². The topological polar surface area (TPSA) is 101 Å². The Bertz CT molecular complexity index is 2090. The molecule has 7 rings (SSSR count). The first-order valence-electron chi connectivity index (χ1n) is 15.2. The highest BCUT2D eigenvalue weighted by Gasteiger charge is 2.31. The van der Waals surface area contributed by atoms with Crippen molar-refractivity contribution in [1.29, 1.82) is 0 Å². The van der Waals surface area contributed by atoms with Crippen LogP contribution in [0.15, 0.2) is 60.5 Å². The van der Waals surface area contributed by atoms with Crippen LogP contribution < -0.4 is 4.74 Å². The maximum atomic E-state index is 16.0. The number of aliphatic hydroxyl groups is 1. The van der Waals surface area contributed by atoms with Gasteiger partial charge in [-0.25, -0.2) is 13.8 Å². The number of hydrogen-bond acceptors (Lipinski definition) is 7. The van der Waals surface area contributed by atoms with E-state index >= 15 is 4.39 Å². The van der Waals surface area contributed by atoms with Crippen molar-refractivity contribution >= 4 is 33.2 Å². The Morgan fingerprint density at radius 1 is 1.13 bits per heavy atom. The Balaban J connectivity index is 1.49. The van der Waals surface area contributed by atoms with Crippen LogP contribution in [0.4, 0.5) is 8.78 Å². The van der Waals surface area contributed by atoms with Crippen molar-refractivity contribution in [2.75, 3.05) is 26.8 Å². The molecule has 1 atom stereocenters. The molecule has 2 aromatic carbocycles. The minimum Gasteiger partial charge on any atom is -0.490 e. The third kappa shape index (κ3) is 5.27. The molecule has 2 amide bonds. The first-order chi connectivity index (χ1) is 22.7. The molecule has 0 bridgehead atoms. The number of halogens is 2. The molecular formula is C35H31F2N5O4S. The Morgan fingerprint density at radius 2 is 1.96 bits per heavy atom. The Hall–Kier alpha value is -4.94. The molecule has 2 aliphatic heterocycles. The van der Waals surface area contributed by atoms with Crippen LogP contribution in [0.1, 0.15) is 29.8 Å². The summed E-state index contributed by atoms with van der Waals surface area (Å²) in [4.78, 5) is 33.5. The van der Waals surface area contributed by atoms with Gasteiger partial charge in [0.2, 0.25) is 11.8 Å². The fraction of sp³-hybridized carbons (Fsp3) is 0.257. The van der Waals surface area contributed by atoms with Gasteiger partial charge >= 0.3 is 0 Å². The summed E-state index contributed by atoms with van der Waals surface area (Å²) in [7, 11) is 1.78. The van der Waals surface area contributed by atoms with Crippen LogP contribution in [0.5, 0.6) is 5.75 Å². The number of benzene rings is 2. The number of likely N-dealkylation sites (N-methyl/N-ethyl adjacent to an activating group) is 1. The lowest BCUT2D eigenvalue weighted by Crippen LogP contribution is -2.40. The van der Waals surface area contributed by atoms with E-state index in [-0.39, 0.29) is 42.4 Å². The molecule has 5 aromatic rings. The fourth-order valence-corrected chi connectivity index (χ4v) is 7.44. The monoisotopic (exact) mass is 655 g/mol. The minimum atomic E-state index is -0.843. The van der Waals surface area contributed by atoms with Gasteiger partial charge in [-0.2, -0.15) is 5.10 Å². The van der Waals surface area contributed by atoms with Crippen molar-refractivity contribution in [1.82, 2.24) is 24.6 Å². The van der Waals surface area contributed by atoms with Gasteiger partial charge in [0, 0.05) is 53.5 Å². The third-order valence-electron chi connectivity index (χ3n) is 8.84. The van der Waals surface area contributed by atoms with Gasteiger partial charge in [-0.15, -0.1) is 11.3 Å². The average molecular weight is 656 g/mol. The highest BCUT2D eigenvalue weighted by molar-refractivity contribution is 7.18. The number of carbonyl (C=O) groups is 2. The van der Waals surface area contributed by atoms with E-state index in [4.69, 9.17) is 14.8 Å². The fourth-order valence-electron chi connectivity index (χ4n) is 6.50. The van der Waals surface area contributed by atoms with E-state index in [1.165, 1.54) is 17.4 Å². The number of pyridine rings is 1. The number of aliphatic hydroxyl groups excluding tert-OH is 1. The SMILES string of the molecule is C=CC(=O)N1CCn2nc(-c3nc(-c4ccc5c(c4)CN(C)C(=O)C5)c4ccsc4c3-c3c(F)cc(F)cc3OCCO)cc2[C@H]1C. The molecule has 12 heteroatoms. The van der Waals surface area contributed by atoms with E-state index < -0.39 is 11.6 Å². The normalized spacial score (nSPS) is 15.9. The van der Waals surface area contributed by atoms with Gasteiger partial charge in [0.15, 0.2) is 0 Å². The molecule has 5 heterocycles. The molecule has 3 aromatic heterocycles. The van der Waals surface area contributed by atoms with Gasteiger partial charge in [-0.1, -0.05) is 18.7 Å². The van der Waals surface area contributed by atoms with E-state index in [1.807, 2.05) is 47.3 Å². The van der Waals surface area contributed by atoms with E-state index in [0.717, 1.165) is 39.9 Å². The van der Waals surface area contributed by atoms with Gasteiger partial charge in [0.25, 0.3) is 0 Å². The molecule has 47 heavy (non-hydrogen) atoms. The van der Waals surface area contributed by atoms with Crippen molar-refractivity contribution in [3.8, 4) is 39.5 Å². The second-order valence-corrected chi connectivity index (χ2v) is 12.6. The van der Waals surface area contributed by atoms with Crippen molar-refractivity contribution in [2.24, 2.45) is 0 Å². The van der Waals surface area contributed by atoms with Crippen LogP contribution in [0, 0.1) is 11.6 Å². The van der Waals surface area contributed by atoms with E-state index in [9.17, 15) is 19.1 Å². The second kappa shape index (κ2) is 12.0. The number of ether oxygens (including phenoxy) is 1. The predicted molar refractivity (Wildman–Crippen MR) is 175 cm³/mol. The quantitative estimate of drug-likeness (QED) is 0.224. The van der Waals surface area contributed by atoms with Gasteiger partial charge in [0.05, 0.1) is 42.6 Å². The Labute approximate surface area is 273 Å². The number of rotatable bonds is 7. The van der Waals surface area contributed by atoms with E-state index in [2.05, 4.69) is 6.58 Å². The molecule has 0 radical (unpaired) electrons. The van der Waals surface area contributed by atoms with Crippen LogP contribution in [0.3, 0.4) is 0 Å². The summed E-state index contributed by atoms with van der Waals surface area (Å²) in [5.74, 6) is -1.86.